The van der Waals surface area contributed by atoms with Crippen molar-refractivity contribution in [3.05, 3.63) is 35.4 Å². The lowest BCUT2D eigenvalue weighted by Crippen LogP contribution is -2.35. The van der Waals surface area contributed by atoms with Crippen LogP contribution in [0.2, 0.25) is 0 Å². The lowest BCUT2D eigenvalue weighted by molar-refractivity contribution is 0.237. The maximum atomic E-state index is 11.3. The molecule has 0 aliphatic heterocycles. The SMILES string of the molecule is N#Cc1cccc(CNC(=O)NCCCO)c1. The zero-order valence-corrected chi connectivity index (χ0v) is 9.44. The molecular weight excluding hydrogens is 218 g/mol. The molecule has 0 heterocycles. The number of aliphatic hydroxyl groups excluding tert-OH is 1. The van der Waals surface area contributed by atoms with Gasteiger partial charge in [-0.25, -0.2) is 4.79 Å². The van der Waals surface area contributed by atoms with E-state index in [1.807, 2.05) is 12.1 Å². The van der Waals surface area contributed by atoms with Crippen LogP contribution < -0.4 is 10.6 Å². The monoisotopic (exact) mass is 233 g/mol. The second-order valence-electron chi connectivity index (χ2n) is 3.50. The normalized spacial score (nSPS) is 9.41. The fourth-order valence-corrected chi connectivity index (χ4v) is 1.28. The first-order valence-electron chi connectivity index (χ1n) is 5.38. The summed E-state index contributed by atoms with van der Waals surface area (Å²) in [6.45, 7) is 0.880. The Balaban J connectivity index is 2.34. The number of amides is 2. The van der Waals surface area contributed by atoms with Crippen LogP contribution in [0.4, 0.5) is 4.79 Å². The summed E-state index contributed by atoms with van der Waals surface area (Å²) in [6, 6.07) is 8.83. The highest BCUT2D eigenvalue weighted by atomic mass is 16.3. The quantitative estimate of drug-likeness (QED) is 0.656. The number of nitrogens with zero attached hydrogens (tertiary/aromatic N) is 1. The predicted molar refractivity (Wildman–Crippen MR) is 63.1 cm³/mol. The topological polar surface area (TPSA) is 85.2 Å². The average molecular weight is 233 g/mol. The fourth-order valence-electron chi connectivity index (χ4n) is 1.28. The molecular formula is C12H15N3O2. The molecule has 0 saturated carbocycles. The number of hydrogen-bond acceptors (Lipinski definition) is 3. The summed E-state index contributed by atoms with van der Waals surface area (Å²) >= 11 is 0. The van der Waals surface area contributed by atoms with Gasteiger partial charge in [0.25, 0.3) is 0 Å². The van der Waals surface area contributed by atoms with Gasteiger partial charge in [0.05, 0.1) is 11.6 Å². The first kappa shape index (κ1) is 13.0. The second kappa shape index (κ2) is 7.25. The van der Waals surface area contributed by atoms with Crippen LogP contribution in [0.1, 0.15) is 17.5 Å². The first-order chi connectivity index (χ1) is 8.26. The summed E-state index contributed by atoms with van der Waals surface area (Å²) in [5, 5.41) is 22.5. The minimum atomic E-state index is -0.277. The molecule has 2 amide bonds. The van der Waals surface area contributed by atoms with E-state index in [1.54, 1.807) is 18.2 Å². The molecule has 0 atom stereocenters. The molecule has 0 unspecified atom stereocenters. The summed E-state index contributed by atoms with van der Waals surface area (Å²) in [4.78, 5) is 11.3. The molecule has 90 valence electrons. The van der Waals surface area contributed by atoms with Gasteiger partial charge in [-0.3, -0.25) is 0 Å². The van der Waals surface area contributed by atoms with Gasteiger partial charge in [0, 0.05) is 19.7 Å². The molecule has 17 heavy (non-hydrogen) atoms. The van der Waals surface area contributed by atoms with Crippen LogP contribution in [-0.4, -0.2) is 24.3 Å². The molecule has 1 rings (SSSR count). The minimum absolute atomic E-state index is 0.0600. The third kappa shape index (κ3) is 5.00. The molecule has 0 radical (unpaired) electrons. The van der Waals surface area contributed by atoms with Crippen molar-refractivity contribution in [2.45, 2.75) is 13.0 Å². The summed E-state index contributed by atoms with van der Waals surface area (Å²) in [5.41, 5.74) is 1.45. The maximum Gasteiger partial charge on any atom is 0.315 e. The molecule has 0 aromatic heterocycles. The van der Waals surface area contributed by atoms with Gasteiger partial charge in [-0.05, 0) is 24.1 Å². The number of carbonyl (C=O) groups excluding carboxylic acids is 1. The van der Waals surface area contributed by atoms with E-state index < -0.39 is 0 Å². The van der Waals surface area contributed by atoms with Crippen molar-refractivity contribution in [1.29, 1.82) is 5.26 Å². The van der Waals surface area contributed by atoms with Gasteiger partial charge in [0.1, 0.15) is 0 Å². The van der Waals surface area contributed by atoms with Crippen LogP contribution in [0, 0.1) is 11.3 Å². The van der Waals surface area contributed by atoms with E-state index in [0.717, 1.165) is 5.56 Å². The van der Waals surface area contributed by atoms with Crippen LogP contribution in [0.25, 0.3) is 0 Å². The number of benzene rings is 1. The molecule has 0 spiro atoms. The van der Waals surface area contributed by atoms with Crippen LogP contribution in [0.5, 0.6) is 0 Å². The summed E-state index contributed by atoms with van der Waals surface area (Å²) in [5.74, 6) is 0. The maximum absolute atomic E-state index is 11.3. The van der Waals surface area contributed by atoms with Crippen LogP contribution in [0.3, 0.4) is 0 Å². The molecule has 0 fully saturated rings. The highest BCUT2D eigenvalue weighted by Crippen LogP contribution is 2.03. The Morgan fingerprint density at radius 3 is 2.94 bits per heavy atom. The molecule has 5 nitrogen and oxygen atoms in total. The predicted octanol–water partition coefficient (Wildman–Crippen LogP) is 0.740. The zero-order valence-electron chi connectivity index (χ0n) is 9.44. The van der Waals surface area contributed by atoms with E-state index in [4.69, 9.17) is 10.4 Å². The van der Waals surface area contributed by atoms with Gasteiger partial charge in [-0.15, -0.1) is 0 Å². The largest absolute Gasteiger partial charge is 0.396 e. The van der Waals surface area contributed by atoms with E-state index in [9.17, 15) is 4.79 Å². The second-order valence-corrected chi connectivity index (χ2v) is 3.50. The van der Waals surface area contributed by atoms with Gasteiger partial charge in [0.2, 0.25) is 0 Å². The lowest BCUT2D eigenvalue weighted by atomic mass is 10.1. The van der Waals surface area contributed by atoms with E-state index in [2.05, 4.69) is 10.6 Å². The number of nitrogens with one attached hydrogen (secondary N) is 2. The van der Waals surface area contributed by atoms with Crippen molar-refractivity contribution in [2.75, 3.05) is 13.2 Å². The Bertz CT molecular complexity index is 412. The van der Waals surface area contributed by atoms with E-state index in [-0.39, 0.29) is 12.6 Å². The number of aliphatic hydroxyl groups is 1. The molecule has 0 aliphatic rings. The van der Waals surface area contributed by atoms with Gasteiger partial charge < -0.3 is 15.7 Å². The lowest BCUT2D eigenvalue weighted by Gasteiger charge is -2.07. The van der Waals surface area contributed by atoms with Gasteiger partial charge in [-0.1, -0.05) is 12.1 Å². The van der Waals surface area contributed by atoms with Crippen molar-refractivity contribution < 1.29 is 9.90 Å². The zero-order chi connectivity index (χ0) is 12.5. The van der Waals surface area contributed by atoms with Gasteiger partial charge >= 0.3 is 6.03 Å². The molecule has 0 saturated heterocycles. The van der Waals surface area contributed by atoms with E-state index in [0.29, 0.717) is 25.1 Å². The van der Waals surface area contributed by atoms with Gasteiger partial charge in [-0.2, -0.15) is 5.26 Å². The van der Waals surface area contributed by atoms with Crippen LogP contribution >= 0.6 is 0 Å². The Morgan fingerprint density at radius 2 is 2.24 bits per heavy atom. The third-order valence-electron chi connectivity index (χ3n) is 2.13. The summed E-state index contributed by atoms with van der Waals surface area (Å²) < 4.78 is 0. The Morgan fingerprint density at radius 1 is 1.41 bits per heavy atom. The highest BCUT2D eigenvalue weighted by molar-refractivity contribution is 5.73. The number of hydrogen-bond donors (Lipinski definition) is 3. The van der Waals surface area contributed by atoms with Gasteiger partial charge in [0.15, 0.2) is 0 Å². The van der Waals surface area contributed by atoms with Crippen molar-refractivity contribution >= 4 is 6.03 Å². The number of rotatable bonds is 5. The average Bonchev–Trinajstić information content (AvgIpc) is 2.37. The van der Waals surface area contributed by atoms with E-state index in [1.165, 1.54) is 0 Å². The molecule has 1 aromatic rings. The molecule has 3 N–H and O–H groups in total. The third-order valence-corrected chi connectivity index (χ3v) is 2.13. The molecule has 1 aromatic carbocycles. The van der Waals surface area contributed by atoms with Crippen LogP contribution in [-0.2, 0) is 6.54 Å². The summed E-state index contributed by atoms with van der Waals surface area (Å²) in [6.07, 6.45) is 0.539. The Labute approximate surface area is 100 Å². The molecule has 0 aliphatic carbocycles. The smallest absolute Gasteiger partial charge is 0.315 e. The summed E-state index contributed by atoms with van der Waals surface area (Å²) in [7, 11) is 0. The molecule has 5 heteroatoms. The van der Waals surface area contributed by atoms with Crippen molar-refractivity contribution in [3.63, 3.8) is 0 Å². The number of nitriles is 1. The number of carbonyl (C=O) groups is 1. The molecule has 0 bridgehead atoms. The number of urea groups is 1. The highest BCUT2D eigenvalue weighted by Gasteiger charge is 2.00. The first-order valence-corrected chi connectivity index (χ1v) is 5.38. The Hall–Kier alpha value is -2.06. The minimum Gasteiger partial charge on any atom is -0.396 e. The van der Waals surface area contributed by atoms with Crippen molar-refractivity contribution in [2.24, 2.45) is 0 Å². The van der Waals surface area contributed by atoms with Crippen molar-refractivity contribution in [3.8, 4) is 6.07 Å². The standard InChI is InChI=1S/C12H15N3O2/c13-8-10-3-1-4-11(7-10)9-15-12(17)14-5-2-6-16/h1,3-4,7,16H,2,5-6,9H2,(H2,14,15,17). The van der Waals surface area contributed by atoms with E-state index >= 15 is 0 Å². The van der Waals surface area contributed by atoms with Crippen molar-refractivity contribution in [1.82, 2.24) is 10.6 Å². The van der Waals surface area contributed by atoms with Crippen LogP contribution in [0.15, 0.2) is 24.3 Å². The fraction of sp³-hybridized carbons (Fsp3) is 0.333. The Kier molecular flexibility index (Phi) is 5.55.